The minimum atomic E-state index is -0.851. The van der Waals surface area contributed by atoms with Crippen LogP contribution in [0.25, 0.3) is 11.0 Å². The molecule has 1 fully saturated rings. The van der Waals surface area contributed by atoms with Crippen LogP contribution >= 0.6 is 12.2 Å². The molecule has 1 N–H and O–H groups in total. The van der Waals surface area contributed by atoms with Crippen molar-refractivity contribution in [2.45, 2.75) is 31.9 Å². The normalized spacial score (nSPS) is 22.7. The van der Waals surface area contributed by atoms with Crippen molar-refractivity contribution in [2.75, 3.05) is 6.61 Å². The third kappa shape index (κ3) is 1.99. The Morgan fingerprint density at radius 3 is 2.84 bits per heavy atom. The number of nitrogens with zero attached hydrogens (tertiary/aromatic N) is 1. The van der Waals surface area contributed by atoms with Gasteiger partial charge in [0.1, 0.15) is 5.52 Å². The Morgan fingerprint density at radius 1 is 1.42 bits per heavy atom. The molecule has 1 aliphatic rings. The van der Waals surface area contributed by atoms with Gasteiger partial charge in [0.2, 0.25) is 0 Å². The third-order valence-electron chi connectivity index (χ3n) is 3.61. The first kappa shape index (κ1) is 12.7. The van der Waals surface area contributed by atoms with E-state index in [4.69, 9.17) is 17.0 Å². The maximum atomic E-state index is 13.9. The molecule has 1 heterocycles. The van der Waals surface area contributed by atoms with Crippen LogP contribution in [0.4, 0.5) is 8.78 Å². The van der Waals surface area contributed by atoms with E-state index in [1.807, 2.05) is 6.92 Å². The first-order chi connectivity index (χ1) is 9.11. The largest absolute Gasteiger partial charge is 0.378 e. The van der Waals surface area contributed by atoms with Gasteiger partial charge in [-0.05, 0) is 44.1 Å². The lowest BCUT2D eigenvalue weighted by Crippen LogP contribution is -2.33. The second-order valence-corrected chi connectivity index (χ2v) is 5.15. The Morgan fingerprint density at radius 2 is 2.16 bits per heavy atom. The van der Waals surface area contributed by atoms with E-state index < -0.39 is 11.6 Å². The van der Waals surface area contributed by atoms with E-state index in [2.05, 4.69) is 4.98 Å². The summed E-state index contributed by atoms with van der Waals surface area (Å²) in [5.74, 6) is -1.69. The number of nitrogens with one attached hydrogen (secondary N) is 1. The Kier molecular flexibility index (Phi) is 3.14. The highest BCUT2D eigenvalue weighted by Gasteiger charge is 2.33. The van der Waals surface area contributed by atoms with Crippen LogP contribution in [0, 0.1) is 16.4 Å². The molecule has 3 nitrogen and oxygen atoms in total. The summed E-state index contributed by atoms with van der Waals surface area (Å²) < 4.78 is 34.9. The van der Waals surface area contributed by atoms with Gasteiger partial charge < -0.3 is 14.3 Å². The minimum absolute atomic E-state index is 0.0779. The van der Waals surface area contributed by atoms with Crippen LogP contribution in [-0.2, 0) is 4.74 Å². The van der Waals surface area contributed by atoms with Crippen molar-refractivity contribution < 1.29 is 13.5 Å². The molecule has 0 atom stereocenters. The SMILES string of the molecule is CCOC1CC(n2c(=S)[nH]c3ccc(F)c(F)c32)C1. The quantitative estimate of drug-likeness (QED) is 0.871. The molecule has 0 aliphatic heterocycles. The first-order valence-corrected chi connectivity index (χ1v) is 6.72. The van der Waals surface area contributed by atoms with E-state index in [0.29, 0.717) is 16.9 Å². The van der Waals surface area contributed by atoms with Gasteiger partial charge in [-0.15, -0.1) is 0 Å². The van der Waals surface area contributed by atoms with E-state index in [-0.39, 0.29) is 17.7 Å². The predicted molar refractivity (Wildman–Crippen MR) is 70.7 cm³/mol. The van der Waals surface area contributed by atoms with Crippen LogP contribution in [-0.4, -0.2) is 22.3 Å². The monoisotopic (exact) mass is 284 g/mol. The fraction of sp³-hybridized carbons (Fsp3) is 0.462. The van der Waals surface area contributed by atoms with Crippen molar-refractivity contribution in [3.63, 3.8) is 0 Å². The molecule has 6 heteroatoms. The van der Waals surface area contributed by atoms with Crippen molar-refractivity contribution >= 4 is 23.3 Å². The number of imidazole rings is 1. The molecule has 1 aromatic heterocycles. The lowest BCUT2D eigenvalue weighted by atomic mass is 9.89. The van der Waals surface area contributed by atoms with Crippen molar-refractivity contribution in [1.82, 2.24) is 9.55 Å². The summed E-state index contributed by atoms with van der Waals surface area (Å²) in [5, 5.41) is 0. The number of hydrogen-bond donors (Lipinski definition) is 1. The number of fused-ring (bicyclic) bond motifs is 1. The summed E-state index contributed by atoms with van der Waals surface area (Å²) >= 11 is 5.21. The summed E-state index contributed by atoms with van der Waals surface area (Å²) in [4.78, 5) is 2.92. The molecule has 1 aromatic carbocycles. The van der Waals surface area contributed by atoms with Crippen LogP contribution in [0.15, 0.2) is 12.1 Å². The number of hydrogen-bond acceptors (Lipinski definition) is 2. The number of H-pyrrole nitrogens is 1. The maximum absolute atomic E-state index is 13.9. The van der Waals surface area contributed by atoms with Crippen molar-refractivity contribution in [3.8, 4) is 0 Å². The smallest absolute Gasteiger partial charge is 0.184 e. The fourth-order valence-electron chi connectivity index (χ4n) is 2.62. The number of halogens is 2. The van der Waals surface area contributed by atoms with Crippen LogP contribution in [0.3, 0.4) is 0 Å². The number of aromatic amines is 1. The van der Waals surface area contributed by atoms with Crippen LogP contribution < -0.4 is 0 Å². The highest BCUT2D eigenvalue weighted by molar-refractivity contribution is 7.71. The fourth-order valence-corrected chi connectivity index (χ4v) is 2.97. The Balaban J connectivity index is 2.02. The third-order valence-corrected chi connectivity index (χ3v) is 3.91. The highest BCUT2D eigenvalue weighted by atomic mass is 32.1. The molecule has 0 spiro atoms. The maximum Gasteiger partial charge on any atom is 0.184 e. The summed E-state index contributed by atoms with van der Waals surface area (Å²) in [6.45, 7) is 2.61. The molecule has 3 rings (SSSR count). The van der Waals surface area contributed by atoms with Crippen molar-refractivity contribution in [2.24, 2.45) is 0 Å². The molecule has 2 aromatic rings. The summed E-state index contributed by atoms with van der Waals surface area (Å²) in [6.07, 6.45) is 1.76. The van der Waals surface area contributed by atoms with Gasteiger partial charge in [-0.1, -0.05) is 0 Å². The average Bonchev–Trinajstić information content (AvgIpc) is 2.65. The van der Waals surface area contributed by atoms with Gasteiger partial charge in [0.25, 0.3) is 0 Å². The summed E-state index contributed by atoms with van der Waals surface area (Å²) in [5.41, 5.74) is 0.758. The zero-order valence-corrected chi connectivity index (χ0v) is 11.3. The molecule has 0 unspecified atom stereocenters. The van der Waals surface area contributed by atoms with Crippen LogP contribution in [0.5, 0.6) is 0 Å². The molecule has 102 valence electrons. The topological polar surface area (TPSA) is 29.9 Å². The first-order valence-electron chi connectivity index (χ1n) is 6.31. The molecule has 0 bridgehead atoms. The molecule has 1 aliphatic carbocycles. The van der Waals surface area contributed by atoms with Crippen LogP contribution in [0.2, 0.25) is 0 Å². The second-order valence-electron chi connectivity index (χ2n) is 4.76. The standard InChI is InChI=1S/C13H14F2N2OS/c1-2-18-8-5-7(6-8)17-12-10(16-13(17)19)4-3-9(14)11(12)15/h3-4,7-8H,2,5-6H2,1H3,(H,16,19). The second kappa shape index (κ2) is 4.68. The van der Waals surface area contributed by atoms with E-state index in [0.717, 1.165) is 18.9 Å². The summed E-state index contributed by atoms with van der Waals surface area (Å²) in [6, 6.07) is 2.70. The predicted octanol–water partition coefficient (Wildman–Crippen LogP) is 3.72. The van der Waals surface area contributed by atoms with E-state index in [1.165, 1.54) is 6.07 Å². The lowest BCUT2D eigenvalue weighted by Gasteiger charge is -2.36. The molecule has 1 saturated carbocycles. The molecule has 19 heavy (non-hydrogen) atoms. The van der Waals surface area contributed by atoms with Gasteiger partial charge in [-0.2, -0.15) is 0 Å². The number of aromatic nitrogens is 2. The Hall–Kier alpha value is -1.27. The zero-order valence-electron chi connectivity index (χ0n) is 10.5. The minimum Gasteiger partial charge on any atom is -0.378 e. The molecule has 0 radical (unpaired) electrons. The lowest BCUT2D eigenvalue weighted by molar-refractivity contribution is -0.0191. The van der Waals surface area contributed by atoms with E-state index in [9.17, 15) is 8.78 Å². The number of rotatable bonds is 3. The van der Waals surface area contributed by atoms with Crippen LogP contribution in [0.1, 0.15) is 25.8 Å². The number of ether oxygens (including phenoxy) is 1. The van der Waals surface area contributed by atoms with Crippen molar-refractivity contribution in [1.29, 1.82) is 0 Å². The van der Waals surface area contributed by atoms with E-state index >= 15 is 0 Å². The van der Waals surface area contributed by atoms with Gasteiger partial charge in [-0.3, -0.25) is 0 Å². The molecule has 0 amide bonds. The average molecular weight is 284 g/mol. The van der Waals surface area contributed by atoms with E-state index in [1.54, 1.807) is 4.57 Å². The van der Waals surface area contributed by atoms with Gasteiger partial charge in [0.15, 0.2) is 16.4 Å². The summed E-state index contributed by atoms with van der Waals surface area (Å²) in [7, 11) is 0. The van der Waals surface area contributed by atoms with Gasteiger partial charge in [-0.25, -0.2) is 8.78 Å². The Labute approximate surface area is 114 Å². The van der Waals surface area contributed by atoms with Gasteiger partial charge >= 0.3 is 0 Å². The van der Waals surface area contributed by atoms with Gasteiger partial charge in [0.05, 0.1) is 11.6 Å². The van der Waals surface area contributed by atoms with Gasteiger partial charge in [0, 0.05) is 12.6 Å². The molecular weight excluding hydrogens is 270 g/mol. The molecule has 0 saturated heterocycles. The van der Waals surface area contributed by atoms with Crippen molar-refractivity contribution in [3.05, 3.63) is 28.5 Å². The Bertz CT molecular complexity index is 673. The molecular formula is C13H14F2N2OS. The number of benzene rings is 1. The highest BCUT2D eigenvalue weighted by Crippen LogP contribution is 2.37. The zero-order chi connectivity index (χ0) is 13.6.